The van der Waals surface area contributed by atoms with Crippen molar-refractivity contribution in [3.63, 3.8) is 0 Å². The maximum absolute atomic E-state index is 13.4. The smallest absolute Gasteiger partial charge is 0.232 e. The van der Waals surface area contributed by atoms with E-state index >= 15 is 0 Å². The van der Waals surface area contributed by atoms with E-state index in [1.807, 2.05) is 18.9 Å². The quantitative estimate of drug-likeness (QED) is 0.305. The molecule has 11 heteroatoms. The number of Topliss-reactive ketones (excluding diaryl/α,β-unsaturated/α-hetero) is 2. The number of allylic oxidation sites excluding steroid dienone is 2. The van der Waals surface area contributed by atoms with Gasteiger partial charge in [0.1, 0.15) is 11.8 Å². The highest BCUT2D eigenvalue weighted by Gasteiger charge is 2.57. The fourth-order valence-corrected chi connectivity index (χ4v) is 7.06. The number of nitrogens with one attached hydrogen (secondary N) is 1. The highest BCUT2D eigenvalue weighted by Crippen LogP contribution is 2.54. The van der Waals surface area contributed by atoms with Crippen LogP contribution in [0.2, 0.25) is 0 Å². The number of piperazine rings is 1. The third-order valence-electron chi connectivity index (χ3n) is 8.73. The second-order valence-electron chi connectivity index (χ2n) is 10.8. The van der Waals surface area contributed by atoms with Crippen molar-refractivity contribution in [3.8, 4) is 17.6 Å². The Morgan fingerprint density at radius 1 is 1.18 bits per heavy atom. The number of aryl methyl sites for hydroxylation is 1. The van der Waals surface area contributed by atoms with Crippen molar-refractivity contribution in [1.82, 2.24) is 15.1 Å². The molecule has 1 amide bonds. The molecule has 40 heavy (non-hydrogen) atoms. The zero-order valence-electron chi connectivity index (χ0n) is 23.5. The Hall–Kier alpha value is -3.72. The monoisotopic (exact) mass is 550 g/mol. The predicted octanol–water partition coefficient (Wildman–Crippen LogP) is 1.65. The zero-order valence-corrected chi connectivity index (χ0v) is 23.5. The van der Waals surface area contributed by atoms with Crippen molar-refractivity contribution in [2.75, 3.05) is 34.6 Å². The number of rotatable bonds is 6. The van der Waals surface area contributed by atoms with Gasteiger partial charge in [0.25, 0.3) is 0 Å². The topological polar surface area (TPSA) is 141 Å². The molecule has 0 spiro atoms. The highest BCUT2D eigenvalue weighted by molar-refractivity contribution is 6.50. The van der Waals surface area contributed by atoms with Gasteiger partial charge in [0.15, 0.2) is 18.3 Å². The van der Waals surface area contributed by atoms with Gasteiger partial charge in [-0.2, -0.15) is 5.26 Å². The van der Waals surface area contributed by atoms with Gasteiger partial charge in [-0.15, -0.1) is 0 Å². The molecule has 1 aromatic carbocycles. The number of fused-ring (bicyclic) bond motifs is 6. The van der Waals surface area contributed by atoms with E-state index in [1.165, 1.54) is 21.0 Å². The number of hydrogen-bond acceptors (Lipinski definition) is 10. The van der Waals surface area contributed by atoms with Crippen LogP contribution in [-0.4, -0.2) is 91.2 Å². The average Bonchev–Trinajstić information content (AvgIpc) is 2.92. The first-order valence-corrected chi connectivity index (χ1v) is 13.2. The summed E-state index contributed by atoms with van der Waals surface area (Å²) in [5, 5.41) is 24.5. The third-order valence-corrected chi connectivity index (χ3v) is 8.73. The molecule has 3 aliphatic heterocycles. The van der Waals surface area contributed by atoms with Crippen LogP contribution in [-0.2, 0) is 25.5 Å². The highest BCUT2D eigenvalue weighted by atomic mass is 16.7. The maximum atomic E-state index is 13.4. The number of carbonyl (C=O) groups is 3. The summed E-state index contributed by atoms with van der Waals surface area (Å²) in [6, 6.07) is 2.11. The summed E-state index contributed by atoms with van der Waals surface area (Å²) in [6.07, 6.45) is 0.751. The molecule has 0 saturated carbocycles. The van der Waals surface area contributed by atoms with Gasteiger partial charge in [0.2, 0.25) is 17.5 Å². The molecule has 5 rings (SSSR count). The van der Waals surface area contributed by atoms with Gasteiger partial charge < -0.3 is 24.6 Å². The largest absolute Gasteiger partial charge is 0.507 e. The van der Waals surface area contributed by atoms with E-state index in [2.05, 4.69) is 22.4 Å². The van der Waals surface area contributed by atoms with Gasteiger partial charge in [-0.1, -0.05) is 6.07 Å². The van der Waals surface area contributed by atoms with E-state index in [9.17, 15) is 24.8 Å². The summed E-state index contributed by atoms with van der Waals surface area (Å²) in [4.78, 5) is 42.4. The Morgan fingerprint density at radius 3 is 2.52 bits per heavy atom. The number of hydrogen-bond donors (Lipinski definition) is 2. The molecule has 5 atom stereocenters. The SMILES string of the molecule is COCOc1c(OC)c(C)cc2c1[C@@H]1C3CC4=C(C(=O)C(=O)C(C)=C4O)[C@H](CNC(C)=O)N3[C@@H](C#N)[C@@H](C2)N1C. The van der Waals surface area contributed by atoms with Gasteiger partial charge in [0, 0.05) is 54.9 Å². The van der Waals surface area contributed by atoms with Crippen LogP contribution >= 0.6 is 0 Å². The van der Waals surface area contributed by atoms with Crippen LogP contribution < -0.4 is 14.8 Å². The molecule has 0 radical (unpaired) electrons. The molecule has 1 aromatic rings. The summed E-state index contributed by atoms with van der Waals surface area (Å²) in [7, 11) is 5.09. The molecule has 212 valence electrons. The van der Waals surface area contributed by atoms with Gasteiger partial charge in [-0.3, -0.25) is 24.2 Å². The fraction of sp³-hybridized carbons (Fsp3) is 0.517. The van der Waals surface area contributed by atoms with Crippen molar-refractivity contribution in [2.24, 2.45) is 0 Å². The van der Waals surface area contributed by atoms with Crippen molar-refractivity contribution in [1.29, 1.82) is 5.26 Å². The fourth-order valence-electron chi connectivity index (χ4n) is 7.06. The lowest BCUT2D eigenvalue weighted by Crippen LogP contribution is -2.71. The van der Waals surface area contributed by atoms with Crippen molar-refractivity contribution in [3.05, 3.63) is 45.2 Å². The van der Waals surface area contributed by atoms with E-state index in [0.29, 0.717) is 23.5 Å². The lowest BCUT2D eigenvalue weighted by molar-refractivity contribution is -0.134. The molecule has 1 aliphatic carbocycles. The number of carbonyl (C=O) groups excluding carboxylic acids is 3. The molecule has 0 aromatic heterocycles. The van der Waals surface area contributed by atoms with E-state index < -0.39 is 29.7 Å². The number of ether oxygens (including phenoxy) is 3. The molecular formula is C29H34N4O7. The van der Waals surface area contributed by atoms with Crippen LogP contribution in [0.15, 0.2) is 28.5 Å². The molecular weight excluding hydrogens is 516 g/mol. The van der Waals surface area contributed by atoms with Gasteiger partial charge in [-0.05, 0) is 44.9 Å². The van der Waals surface area contributed by atoms with Crippen LogP contribution in [0.4, 0.5) is 0 Å². The first kappa shape index (κ1) is 27.8. The van der Waals surface area contributed by atoms with E-state index in [4.69, 9.17) is 14.2 Å². The summed E-state index contributed by atoms with van der Waals surface area (Å²) in [6.45, 7) is 4.76. The molecule has 1 fully saturated rings. The summed E-state index contributed by atoms with van der Waals surface area (Å²) >= 11 is 0. The van der Waals surface area contributed by atoms with Gasteiger partial charge in [0.05, 0.1) is 25.3 Å². The van der Waals surface area contributed by atoms with Crippen LogP contribution in [0.25, 0.3) is 0 Å². The summed E-state index contributed by atoms with van der Waals surface area (Å²) < 4.78 is 17.1. The Bertz CT molecular complexity index is 1410. The average molecular weight is 551 g/mol. The molecule has 3 heterocycles. The Morgan fingerprint density at radius 2 is 1.90 bits per heavy atom. The summed E-state index contributed by atoms with van der Waals surface area (Å²) in [5.74, 6) is -0.863. The number of amides is 1. The number of aliphatic hydroxyl groups is 1. The van der Waals surface area contributed by atoms with E-state index in [0.717, 1.165) is 16.7 Å². The number of aliphatic hydroxyl groups excluding tert-OH is 1. The number of methoxy groups -OCH3 is 2. The number of benzene rings is 1. The second-order valence-corrected chi connectivity index (χ2v) is 10.8. The lowest BCUT2D eigenvalue weighted by atomic mass is 9.70. The number of ketones is 2. The van der Waals surface area contributed by atoms with Crippen LogP contribution in [0.1, 0.15) is 43.0 Å². The van der Waals surface area contributed by atoms with Gasteiger partial charge in [-0.25, -0.2) is 0 Å². The molecule has 1 saturated heterocycles. The van der Waals surface area contributed by atoms with Crippen molar-refractivity contribution < 1.29 is 33.7 Å². The normalized spacial score (nSPS) is 28.0. The standard InChI is InChI=1S/C29H34N4O7/c1-13-7-16-8-18-20(10-30)33-19(24(32(18)4)22(16)29(28(13)39-6)40-12-38-5)9-17-23(21(33)11-31-15(3)34)27(37)26(36)14(2)25(17)35/h7,18-21,24,35H,8-9,11-12H2,1-6H3,(H,31,34)/t18-,19?,20+,21+,24+/m1/s1. The third kappa shape index (κ3) is 4.01. The Balaban J connectivity index is 1.76. The Labute approximate surface area is 233 Å². The Kier molecular flexibility index (Phi) is 7.20. The van der Waals surface area contributed by atoms with E-state index in [-0.39, 0.29) is 54.7 Å². The van der Waals surface area contributed by atoms with Crippen LogP contribution in [0, 0.1) is 18.3 Å². The molecule has 4 aliphatic rings. The van der Waals surface area contributed by atoms with Gasteiger partial charge >= 0.3 is 0 Å². The minimum Gasteiger partial charge on any atom is -0.507 e. The maximum Gasteiger partial charge on any atom is 0.232 e. The van der Waals surface area contributed by atoms with Crippen molar-refractivity contribution >= 4 is 17.5 Å². The lowest BCUT2D eigenvalue weighted by Gasteiger charge is -2.60. The molecule has 1 unspecified atom stereocenters. The van der Waals surface area contributed by atoms with Crippen molar-refractivity contribution in [2.45, 2.75) is 63.8 Å². The molecule has 2 N–H and O–H groups in total. The summed E-state index contributed by atoms with van der Waals surface area (Å²) in [5.41, 5.74) is 3.35. The zero-order chi connectivity index (χ0) is 29.0. The first-order chi connectivity index (χ1) is 19.1. The first-order valence-electron chi connectivity index (χ1n) is 13.2. The molecule has 2 bridgehead atoms. The second kappa shape index (κ2) is 10.4. The number of nitrogens with zero attached hydrogens (tertiary/aromatic N) is 3. The predicted molar refractivity (Wildman–Crippen MR) is 143 cm³/mol. The van der Waals surface area contributed by atoms with Crippen LogP contribution in [0.5, 0.6) is 11.5 Å². The minimum atomic E-state index is -0.787. The number of likely N-dealkylation sites (N-methyl/N-ethyl adjacent to an activating group) is 1. The van der Waals surface area contributed by atoms with Crippen LogP contribution in [0.3, 0.4) is 0 Å². The molecule has 11 nitrogen and oxygen atoms in total. The minimum absolute atomic E-state index is 0.000180. The number of nitriles is 1. The van der Waals surface area contributed by atoms with E-state index in [1.54, 1.807) is 7.11 Å².